The number of nitriles is 1. The number of piperidine rings is 1. The normalized spacial score (nSPS) is 17.2. The molecular weight excluding hydrogens is 913 g/mol. The summed E-state index contributed by atoms with van der Waals surface area (Å²) in [5.41, 5.74) is -8.99. The third-order valence-corrected chi connectivity index (χ3v) is 11.0. The third-order valence-electron chi connectivity index (χ3n) is 10.7. The average molecular weight is 943 g/mol. The number of hydrogen-bond acceptors (Lipinski definition) is 11. The van der Waals surface area contributed by atoms with Gasteiger partial charge in [-0.3, -0.25) is 48.9 Å². The number of alkyl halides is 6. The van der Waals surface area contributed by atoms with Crippen molar-refractivity contribution in [2.45, 2.75) is 50.6 Å². The maximum atomic E-state index is 15.9. The zero-order valence-corrected chi connectivity index (χ0v) is 34.7. The number of thiocarbonyl (C=S) groups is 1. The molecule has 0 radical (unpaired) electrons. The van der Waals surface area contributed by atoms with Crippen LogP contribution in [0.25, 0.3) is 11.3 Å². The van der Waals surface area contributed by atoms with Crippen LogP contribution in [0.3, 0.4) is 0 Å². The minimum absolute atomic E-state index is 0.0135. The molecule has 7 rings (SSSR count). The van der Waals surface area contributed by atoms with Gasteiger partial charge < -0.3 is 20.3 Å². The molecule has 0 saturated carbocycles. The fraction of sp³-hybridized carbons (Fsp3) is 0.262. The number of fused-ring (bicyclic) bond motifs is 1. The number of ether oxygens (including phenoxy) is 1. The van der Waals surface area contributed by atoms with E-state index in [9.17, 15) is 55.1 Å². The Kier molecular flexibility index (Phi) is 12.0. The summed E-state index contributed by atoms with van der Waals surface area (Å²) in [6.45, 7) is 1.55. The fourth-order valence-electron chi connectivity index (χ4n) is 7.61. The summed E-state index contributed by atoms with van der Waals surface area (Å²) >= 11 is 5.34. The van der Waals surface area contributed by atoms with Crippen LogP contribution in [0, 0.1) is 23.0 Å². The number of imide groups is 2. The molecule has 4 aromatic rings. The second-order valence-electron chi connectivity index (χ2n) is 15.2. The molecule has 1 unspecified atom stereocenters. The van der Waals surface area contributed by atoms with Gasteiger partial charge >= 0.3 is 12.4 Å². The average Bonchev–Trinajstić information content (AvgIpc) is 3.60. The number of aromatic nitrogens is 1. The minimum atomic E-state index is -5.35. The molecule has 3 N–H and O–H groups in total. The van der Waals surface area contributed by atoms with Crippen LogP contribution >= 0.6 is 12.2 Å². The van der Waals surface area contributed by atoms with Gasteiger partial charge in [0.15, 0.2) is 23.4 Å². The van der Waals surface area contributed by atoms with E-state index in [4.69, 9.17) is 22.2 Å². The molecule has 3 aliphatic rings. The molecule has 66 heavy (non-hydrogen) atoms. The van der Waals surface area contributed by atoms with Gasteiger partial charge in [0.05, 0.1) is 45.9 Å². The second-order valence-corrected chi connectivity index (χ2v) is 15.6. The molecule has 2 saturated heterocycles. The Labute approximate surface area is 372 Å². The van der Waals surface area contributed by atoms with Gasteiger partial charge in [0.25, 0.3) is 23.6 Å². The van der Waals surface area contributed by atoms with E-state index in [0.29, 0.717) is 23.1 Å². The van der Waals surface area contributed by atoms with Crippen LogP contribution in [0.5, 0.6) is 5.75 Å². The molecule has 24 heteroatoms. The maximum absolute atomic E-state index is 15.9. The molecule has 6 amide bonds. The summed E-state index contributed by atoms with van der Waals surface area (Å²) in [6, 6.07) is 8.82. The molecule has 4 heterocycles. The van der Waals surface area contributed by atoms with Gasteiger partial charge in [-0.15, -0.1) is 0 Å². The SMILES string of the molecule is CC1(C)C(=O)N(c2ccc(C#N)c(C(F)(F)F)c2F)C(=S)N1c1cnc(-c2ccc(OCC(=O)NCCNc3cccc4c3C(=O)N(C3CCC(=O)NC3=O)C4=O)cc2C(F)(F)F)c(F)c1. The number of rotatable bonds is 11. The molecule has 1 aromatic heterocycles. The highest BCUT2D eigenvalue weighted by atomic mass is 32.1. The molecule has 342 valence electrons. The summed E-state index contributed by atoms with van der Waals surface area (Å²) in [6.07, 6.45) is -9.75. The highest BCUT2D eigenvalue weighted by molar-refractivity contribution is 7.81. The Morgan fingerprint density at radius 3 is 2.35 bits per heavy atom. The van der Waals surface area contributed by atoms with Crippen LogP contribution < -0.4 is 30.5 Å². The second kappa shape index (κ2) is 17.1. The van der Waals surface area contributed by atoms with E-state index in [1.807, 2.05) is 0 Å². The lowest BCUT2D eigenvalue weighted by atomic mass is 10.0. The largest absolute Gasteiger partial charge is 0.484 e. The van der Waals surface area contributed by atoms with Crippen molar-refractivity contribution in [3.63, 3.8) is 0 Å². The Bertz CT molecular complexity index is 2830. The topological polar surface area (TPSA) is 194 Å². The summed E-state index contributed by atoms with van der Waals surface area (Å²) < 4.78 is 121. The first-order valence-corrected chi connectivity index (χ1v) is 19.7. The number of nitrogens with one attached hydrogen (secondary N) is 3. The quantitative estimate of drug-likeness (QED) is 0.0703. The number of halogens is 8. The Hall–Kier alpha value is -7.55. The smallest absolute Gasteiger partial charge is 0.420 e. The van der Waals surface area contributed by atoms with Gasteiger partial charge in [-0.1, -0.05) is 6.07 Å². The minimum Gasteiger partial charge on any atom is -0.484 e. The van der Waals surface area contributed by atoms with E-state index in [2.05, 4.69) is 20.9 Å². The van der Waals surface area contributed by atoms with E-state index in [-0.39, 0.29) is 48.4 Å². The van der Waals surface area contributed by atoms with Crippen molar-refractivity contribution >= 4 is 69.8 Å². The molecule has 2 fully saturated rings. The number of hydrogen-bond donors (Lipinski definition) is 3. The first-order valence-electron chi connectivity index (χ1n) is 19.3. The summed E-state index contributed by atoms with van der Waals surface area (Å²) in [4.78, 5) is 82.5. The molecule has 0 aliphatic carbocycles. The van der Waals surface area contributed by atoms with Crippen LogP contribution in [-0.2, 0) is 31.5 Å². The first kappa shape index (κ1) is 46.4. The number of anilines is 3. The van der Waals surface area contributed by atoms with Crippen molar-refractivity contribution < 1.29 is 68.6 Å². The van der Waals surface area contributed by atoms with Gasteiger partial charge in [0, 0.05) is 36.8 Å². The van der Waals surface area contributed by atoms with Crippen molar-refractivity contribution in [3.8, 4) is 23.1 Å². The van der Waals surface area contributed by atoms with Crippen LogP contribution in [0.15, 0.2) is 60.8 Å². The lowest BCUT2D eigenvalue weighted by Gasteiger charge is -2.29. The number of nitrogens with zero attached hydrogens (tertiary/aromatic N) is 5. The number of carbonyl (C=O) groups excluding carboxylic acids is 6. The summed E-state index contributed by atoms with van der Waals surface area (Å²) in [5.74, 6) is -8.45. The molecule has 3 aliphatic heterocycles. The highest BCUT2D eigenvalue weighted by Gasteiger charge is 2.52. The van der Waals surface area contributed by atoms with Crippen molar-refractivity contribution in [2.24, 2.45) is 0 Å². The zero-order valence-electron chi connectivity index (χ0n) is 33.9. The van der Waals surface area contributed by atoms with E-state index in [0.717, 1.165) is 34.2 Å². The molecule has 0 bridgehead atoms. The molecule has 0 spiro atoms. The van der Waals surface area contributed by atoms with Crippen molar-refractivity contribution in [3.05, 3.63) is 100 Å². The fourth-order valence-corrected chi connectivity index (χ4v) is 8.13. The Morgan fingerprint density at radius 1 is 0.970 bits per heavy atom. The van der Waals surface area contributed by atoms with Gasteiger partial charge in [0.2, 0.25) is 11.8 Å². The van der Waals surface area contributed by atoms with Gasteiger partial charge in [-0.2, -0.15) is 31.6 Å². The molecule has 15 nitrogen and oxygen atoms in total. The molecule has 3 aromatic carbocycles. The van der Waals surface area contributed by atoms with Crippen LogP contribution in [0.1, 0.15) is 64.1 Å². The predicted octanol–water partition coefficient (Wildman–Crippen LogP) is 5.86. The lowest BCUT2D eigenvalue weighted by molar-refractivity contribution is -0.140. The Morgan fingerprint density at radius 2 is 1.70 bits per heavy atom. The van der Waals surface area contributed by atoms with Crippen LogP contribution in [0.4, 0.5) is 52.2 Å². The predicted molar refractivity (Wildman–Crippen MR) is 218 cm³/mol. The zero-order chi connectivity index (χ0) is 48.2. The summed E-state index contributed by atoms with van der Waals surface area (Å²) in [5, 5.41) is 16.0. The van der Waals surface area contributed by atoms with Crippen molar-refractivity contribution in [2.75, 3.05) is 34.8 Å². The highest BCUT2D eigenvalue weighted by Crippen LogP contribution is 2.44. The van der Waals surface area contributed by atoms with Crippen molar-refractivity contribution in [1.82, 2.24) is 20.5 Å². The monoisotopic (exact) mass is 942 g/mol. The standard InChI is InChI=1S/C42H30F8N8O7S/c1-40(2)38(64)57(27-9-6-19(16-51)32(33(27)44)42(48,49)50)39(66)58(40)20-14-25(43)34(54-17-20)22-8-7-21(15-24(22)41(45,46)47)65-18-30(60)53-13-12-52-26-5-3-4-23-31(26)37(63)56(36(23)62)28-10-11-29(59)55-35(28)61/h3-9,14-15,17,28,52H,10-13,18H2,1-2H3,(H,53,60)(H,55,59,61). The molecule has 1 atom stereocenters. The van der Waals surface area contributed by atoms with E-state index in [1.165, 1.54) is 38.1 Å². The van der Waals surface area contributed by atoms with Gasteiger partial charge in [-0.05, 0) is 75.0 Å². The number of amides is 6. The molecular formula is C42H30F8N8O7S. The maximum Gasteiger partial charge on any atom is 0.420 e. The first-order chi connectivity index (χ1) is 31.0. The van der Waals surface area contributed by atoms with Crippen LogP contribution in [-0.4, -0.2) is 81.7 Å². The van der Waals surface area contributed by atoms with E-state index < -0.39 is 122 Å². The van der Waals surface area contributed by atoms with Gasteiger partial charge in [-0.25, -0.2) is 8.78 Å². The summed E-state index contributed by atoms with van der Waals surface area (Å²) in [7, 11) is 0. The van der Waals surface area contributed by atoms with E-state index in [1.54, 1.807) is 0 Å². The van der Waals surface area contributed by atoms with Crippen molar-refractivity contribution in [1.29, 1.82) is 5.26 Å². The Balaban J connectivity index is 1.01. The van der Waals surface area contributed by atoms with Gasteiger partial charge in [0.1, 0.15) is 28.6 Å². The number of carbonyl (C=O) groups is 6. The number of pyridine rings is 1. The van der Waals surface area contributed by atoms with Crippen LogP contribution in [0.2, 0.25) is 0 Å². The van der Waals surface area contributed by atoms with E-state index >= 15 is 8.78 Å². The lowest BCUT2D eigenvalue weighted by Crippen LogP contribution is -2.54. The third kappa shape index (κ3) is 8.32. The number of benzene rings is 3.